The van der Waals surface area contributed by atoms with Gasteiger partial charge in [-0.15, -0.1) is 0 Å². The predicted molar refractivity (Wildman–Crippen MR) is 225 cm³/mol. The Bertz CT molecular complexity index is 2350. The van der Waals surface area contributed by atoms with Gasteiger partial charge in [-0.1, -0.05) is 73.2 Å². The van der Waals surface area contributed by atoms with E-state index in [0.717, 1.165) is 54.7 Å². The number of aromatic nitrogens is 1. The molecule has 3 aliphatic carbocycles. The van der Waals surface area contributed by atoms with Crippen LogP contribution in [0.4, 0.5) is 0 Å². The molecule has 0 unspecified atom stereocenters. The number of benzene rings is 3. The van der Waals surface area contributed by atoms with Gasteiger partial charge in [-0.2, -0.15) is 0 Å². The first kappa shape index (κ1) is 41.1. The largest absolute Gasteiger partial charge is 0.508 e. The molecule has 57 heavy (non-hydrogen) atoms. The summed E-state index contributed by atoms with van der Waals surface area (Å²) in [5, 5.41) is 29.4. The molecule has 0 bridgehead atoms. The number of ether oxygens (including phenoxy) is 1. The van der Waals surface area contributed by atoms with Crippen molar-refractivity contribution in [3.05, 3.63) is 117 Å². The van der Waals surface area contributed by atoms with Crippen molar-refractivity contribution in [1.82, 2.24) is 4.98 Å². The summed E-state index contributed by atoms with van der Waals surface area (Å²) in [5.74, 6) is 12.9. The maximum Gasteiger partial charge on any atom is 0.339 e. The maximum absolute atomic E-state index is 11.4. The van der Waals surface area contributed by atoms with E-state index in [1.807, 2.05) is 6.07 Å². The van der Waals surface area contributed by atoms with E-state index in [0.29, 0.717) is 28.3 Å². The first-order valence-corrected chi connectivity index (χ1v) is 19.9. The summed E-state index contributed by atoms with van der Waals surface area (Å²) in [4.78, 5) is 26.7. The predicted octanol–water partition coefficient (Wildman–Crippen LogP) is 10.4. The minimum atomic E-state index is -1.18. The van der Waals surface area contributed by atoms with Crippen LogP contribution in [0.2, 0.25) is 0 Å². The van der Waals surface area contributed by atoms with Gasteiger partial charge in [0, 0.05) is 39.6 Å². The summed E-state index contributed by atoms with van der Waals surface area (Å²) < 4.78 is 6.37. The van der Waals surface area contributed by atoms with Crippen molar-refractivity contribution in [2.45, 2.75) is 122 Å². The molecule has 0 spiro atoms. The van der Waals surface area contributed by atoms with Gasteiger partial charge < -0.3 is 20.1 Å². The number of pyridine rings is 1. The van der Waals surface area contributed by atoms with Crippen LogP contribution < -0.4 is 4.74 Å². The zero-order valence-electron chi connectivity index (χ0n) is 34.8. The average Bonchev–Trinajstić information content (AvgIpc) is 3.97. The number of carbonyl (C=O) groups is 2. The summed E-state index contributed by atoms with van der Waals surface area (Å²) in [6, 6.07) is 15.9. The van der Waals surface area contributed by atoms with Gasteiger partial charge in [0.05, 0.1) is 6.61 Å². The number of phenols is 2. The Morgan fingerprint density at radius 1 is 0.684 bits per heavy atom. The minimum Gasteiger partial charge on any atom is -0.508 e. The SMILES string of the molecule is CC(=O)c1ccc(C#Cc2cc(OCC3CC3)c3c(c2)C(C)(C)CCC3(C)C)nc1.CC1(C)CCC(C)(C)c2c(O)cc(C#Cc3ccc(C(=O)O)c(O)c3)cc21. The molecule has 3 N–H and O–H groups in total. The van der Waals surface area contributed by atoms with E-state index in [1.165, 1.54) is 36.1 Å². The van der Waals surface area contributed by atoms with Crippen molar-refractivity contribution in [2.75, 3.05) is 6.61 Å². The van der Waals surface area contributed by atoms with Crippen LogP contribution in [0.25, 0.3) is 0 Å². The highest BCUT2D eigenvalue weighted by Gasteiger charge is 2.41. The molecule has 1 heterocycles. The monoisotopic (exact) mass is 765 g/mol. The van der Waals surface area contributed by atoms with Crippen molar-refractivity contribution < 1.29 is 29.6 Å². The summed E-state index contributed by atoms with van der Waals surface area (Å²) in [7, 11) is 0. The number of ketones is 1. The van der Waals surface area contributed by atoms with Gasteiger partial charge in [-0.05, 0) is 145 Å². The van der Waals surface area contributed by atoms with Crippen LogP contribution in [0.15, 0.2) is 60.8 Å². The van der Waals surface area contributed by atoms with E-state index in [-0.39, 0.29) is 44.5 Å². The number of hydrogen-bond donors (Lipinski definition) is 3. The lowest BCUT2D eigenvalue weighted by Gasteiger charge is -2.42. The van der Waals surface area contributed by atoms with Crippen LogP contribution in [0.3, 0.4) is 0 Å². The van der Waals surface area contributed by atoms with Crippen LogP contribution in [-0.4, -0.2) is 38.7 Å². The third-order valence-corrected chi connectivity index (χ3v) is 12.0. The highest BCUT2D eigenvalue weighted by molar-refractivity contribution is 5.93. The highest BCUT2D eigenvalue weighted by Crippen LogP contribution is 2.51. The van der Waals surface area contributed by atoms with E-state index < -0.39 is 5.97 Å². The number of hydrogen-bond acceptors (Lipinski definition) is 6. The van der Waals surface area contributed by atoms with Gasteiger partial charge in [-0.3, -0.25) is 4.79 Å². The second-order valence-corrected chi connectivity index (χ2v) is 18.6. The molecule has 296 valence electrons. The number of fused-ring (bicyclic) bond motifs is 2. The molecule has 3 aliphatic rings. The fraction of sp³-hybridized carbons (Fsp3) is 0.420. The molecule has 0 atom stereocenters. The maximum atomic E-state index is 11.4. The first-order valence-electron chi connectivity index (χ1n) is 19.9. The first-order chi connectivity index (χ1) is 26.7. The molecule has 4 aromatic rings. The third kappa shape index (κ3) is 9.21. The number of aromatic carboxylic acids is 1. The molecule has 1 saturated carbocycles. The molecule has 3 aromatic carbocycles. The van der Waals surface area contributed by atoms with Crippen molar-refractivity contribution in [3.63, 3.8) is 0 Å². The fourth-order valence-corrected chi connectivity index (χ4v) is 7.99. The van der Waals surface area contributed by atoms with Crippen LogP contribution in [0, 0.1) is 29.6 Å². The van der Waals surface area contributed by atoms with Crippen molar-refractivity contribution in [2.24, 2.45) is 5.92 Å². The summed E-state index contributed by atoms with van der Waals surface area (Å²) in [6.07, 6.45) is 8.50. The van der Waals surface area contributed by atoms with E-state index in [9.17, 15) is 19.8 Å². The lowest BCUT2D eigenvalue weighted by atomic mass is 9.62. The standard InChI is InChI=1S/C27H31NO2.C23H24O4/c1-18(29)21-9-11-22(28-16-21)10-8-20-14-23-25(24(15-20)30-17-19-6-7-19)27(4,5)13-12-26(23,2)3;1-22(2)9-10-23(3,4)20-17(22)11-15(13-19(20)25)6-5-14-7-8-16(21(26)27)18(24)12-14/h9,11,14-16,19H,6-7,12-13,17H2,1-5H3;7-8,11-13,24-25H,9-10H2,1-4H3,(H,26,27). The highest BCUT2D eigenvalue weighted by atomic mass is 16.5. The lowest BCUT2D eigenvalue weighted by molar-refractivity contribution is 0.0693. The number of carboxylic acid groups (broad SMARTS) is 1. The number of nitrogens with zero attached hydrogens (tertiary/aromatic N) is 1. The molecule has 0 amide bonds. The number of aromatic hydroxyl groups is 2. The Balaban J connectivity index is 0.000000194. The van der Waals surface area contributed by atoms with Crippen molar-refractivity contribution >= 4 is 11.8 Å². The lowest BCUT2D eigenvalue weighted by Crippen LogP contribution is -2.34. The summed E-state index contributed by atoms with van der Waals surface area (Å²) in [5.41, 5.74) is 8.17. The van der Waals surface area contributed by atoms with E-state index in [2.05, 4.69) is 96.2 Å². The smallest absolute Gasteiger partial charge is 0.339 e. The van der Waals surface area contributed by atoms with Gasteiger partial charge in [0.1, 0.15) is 28.5 Å². The molecule has 1 aromatic heterocycles. The quantitative estimate of drug-likeness (QED) is 0.137. The number of carboxylic acids is 1. The molecule has 1 fully saturated rings. The average molecular weight is 766 g/mol. The number of carbonyl (C=O) groups excluding carboxylic acids is 1. The summed E-state index contributed by atoms with van der Waals surface area (Å²) in [6.45, 7) is 20.3. The molecular formula is C50H55NO6. The minimum absolute atomic E-state index is 0.0130. The normalized spacial score (nSPS) is 17.8. The zero-order chi connectivity index (χ0) is 41.5. The molecule has 7 rings (SSSR count). The van der Waals surface area contributed by atoms with E-state index >= 15 is 0 Å². The Labute approximate surface area is 337 Å². The molecular weight excluding hydrogens is 711 g/mol. The number of rotatable bonds is 5. The Kier molecular flexibility index (Phi) is 11.1. The summed E-state index contributed by atoms with van der Waals surface area (Å²) >= 11 is 0. The van der Waals surface area contributed by atoms with Gasteiger partial charge in [0.2, 0.25) is 0 Å². The van der Waals surface area contributed by atoms with Crippen LogP contribution in [-0.2, 0) is 21.7 Å². The molecule has 7 nitrogen and oxygen atoms in total. The fourth-order valence-electron chi connectivity index (χ4n) is 7.99. The molecule has 0 saturated heterocycles. The zero-order valence-corrected chi connectivity index (χ0v) is 34.8. The Morgan fingerprint density at radius 3 is 1.79 bits per heavy atom. The van der Waals surface area contributed by atoms with E-state index in [1.54, 1.807) is 37.4 Å². The molecule has 7 heteroatoms. The van der Waals surface area contributed by atoms with Crippen LogP contribution in [0.1, 0.15) is 166 Å². The Morgan fingerprint density at radius 2 is 1.23 bits per heavy atom. The number of Topliss-reactive ketones (excluding diaryl/α,β-unsaturated/α-hetero) is 1. The van der Waals surface area contributed by atoms with Gasteiger partial charge in [0.15, 0.2) is 5.78 Å². The second-order valence-electron chi connectivity index (χ2n) is 18.6. The number of phenolic OH excluding ortho intramolecular Hbond substituents is 1. The van der Waals surface area contributed by atoms with Gasteiger partial charge in [-0.25, -0.2) is 9.78 Å². The van der Waals surface area contributed by atoms with E-state index in [4.69, 9.17) is 9.84 Å². The molecule has 0 aliphatic heterocycles. The van der Waals surface area contributed by atoms with Crippen LogP contribution in [0.5, 0.6) is 17.2 Å². The third-order valence-electron chi connectivity index (χ3n) is 12.0. The van der Waals surface area contributed by atoms with Crippen molar-refractivity contribution in [3.8, 4) is 40.9 Å². The van der Waals surface area contributed by atoms with Gasteiger partial charge in [0.25, 0.3) is 0 Å². The van der Waals surface area contributed by atoms with Gasteiger partial charge >= 0.3 is 5.97 Å². The second kappa shape index (κ2) is 15.4. The molecule has 0 radical (unpaired) electrons. The Hall–Kier alpha value is -5.53. The van der Waals surface area contributed by atoms with Crippen molar-refractivity contribution in [1.29, 1.82) is 0 Å². The van der Waals surface area contributed by atoms with Crippen LogP contribution >= 0.6 is 0 Å². The topological polar surface area (TPSA) is 117 Å².